The number of nitrogens with zero attached hydrogens (tertiary/aromatic N) is 1. The van der Waals surface area contributed by atoms with Crippen LogP contribution in [0.25, 0.3) is 0 Å². The van der Waals surface area contributed by atoms with E-state index in [4.69, 9.17) is 10.0 Å². The van der Waals surface area contributed by atoms with E-state index in [-0.39, 0.29) is 0 Å². The number of aryl methyl sites for hydroxylation is 2. The molecule has 4 heteroatoms. The van der Waals surface area contributed by atoms with Crippen molar-refractivity contribution in [2.24, 2.45) is 0 Å². The van der Waals surface area contributed by atoms with Gasteiger partial charge >= 0.3 is 7.12 Å². The maximum Gasteiger partial charge on any atom is 0.508 e. The van der Waals surface area contributed by atoms with Gasteiger partial charge in [-0.25, -0.2) is 0 Å². The van der Waals surface area contributed by atoms with Gasteiger partial charge in [-0.3, -0.25) is 4.98 Å². The minimum absolute atomic E-state index is 0.338. The van der Waals surface area contributed by atoms with Crippen LogP contribution in [0.2, 0.25) is 0 Å². The third kappa shape index (κ3) is 1.79. The van der Waals surface area contributed by atoms with Gasteiger partial charge in [0.2, 0.25) is 0 Å². The minimum Gasteiger partial charge on any atom is -0.422 e. The molecule has 0 spiro atoms. The number of pyridine rings is 1. The molecule has 0 bridgehead atoms. The van der Waals surface area contributed by atoms with Crippen LogP contribution in [0, 0.1) is 13.8 Å². The predicted octanol–water partition coefficient (Wildman–Crippen LogP) is -0.622. The van der Waals surface area contributed by atoms with E-state index in [2.05, 4.69) is 4.98 Å². The van der Waals surface area contributed by atoms with Crippen LogP contribution in [0.3, 0.4) is 0 Å². The maximum absolute atomic E-state index is 8.82. The summed E-state index contributed by atoms with van der Waals surface area (Å²) in [6.07, 6.45) is 0. The van der Waals surface area contributed by atoms with Crippen LogP contribution in [0.15, 0.2) is 12.1 Å². The molecule has 1 aromatic rings. The van der Waals surface area contributed by atoms with Gasteiger partial charge in [-0.2, -0.15) is 0 Å². The number of rotatable bonds is 1. The molecule has 1 heterocycles. The Morgan fingerprint density at radius 3 is 2.36 bits per heavy atom. The molecule has 0 unspecified atom stereocenters. The summed E-state index contributed by atoms with van der Waals surface area (Å²) in [5, 5.41) is 17.6. The van der Waals surface area contributed by atoms with Crippen LogP contribution in [0.5, 0.6) is 0 Å². The number of hydrogen-bond acceptors (Lipinski definition) is 3. The first-order chi connectivity index (χ1) is 5.11. The molecular formula is C7H10BNO2. The summed E-state index contributed by atoms with van der Waals surface area (Å²) in [7, 11) is -1.46. The van der Waals surface area contributed by atoms with E-state index in [0.29, 0.717) is 5.59 Å². The summed E-state index contributed by atoms with van der Waals surface area (Å²) in [5.74, 6) is 0. The Morgan fingerprint density at radius 2 is 1.91 bits per heavy atom. The molecule has 0 fully saturated rings. The van der Waals surface area contributed by atoms with E-state index in [9.17, 15) is 0 Å². The van der Waals surface area contributed by atoms with Crippen LogP contribution in [-0.4, -0.2) is 22.2 Å². The van der Waals surface area contributed by atoms with Gasteiger partial charge in [0.25, 0.3) is 0 Å². The van der Waals surface area contributed by atoms with Gasteiger partial charge in [0.05, 0.1) is 5.59 Å². The van der Waals surface area contributed by atoms with E-state index in [1.165, 1.54) is 0 Å². The highest BCUT2D eigenvalue weighted by Gasteiger charge is 2.15. The van der Waals surface area contributed by atoms with Gasteiger partial charge in [0, 0.05) is 5.69 Å². The highest BCUT2D eigenvalue weighted by atomic mass is 16.4. The molecule has 0 aliphatic rings. The molecule has 0 aliphatic carbocycles. The molecule has 0 radical (unpaired) electrons. The van der Waals surface area contributed by atoms with Crippen LogP contribution >= 0.6 is 0 Å². The Labute approximate surface area is 65.9 Å². The van der Waals surface area contributed by atoms with Crippen molar-refractivity contribution in [3.8, 4) is 0 Å². The predicted molar refractivity (Wildman–Crippen MR) is 43.5 cm³/mol. The van der Waals surface area contributed by atoms with Crippen molar-refractivity contribution in [1.82, 2.24) is 4.98 Å². The second kappa shape index (κ2) is 3.03. The minimum atomic E-state index is -1.46. The van der Waals surface area contributed by atoms with Crippen LogP contribution in [0.4, 0.5) is 0 Å². The zero-order valence-electron chi connectivity index (χ0n) is 6.57. The third-order valence-corrected chi connectivity index (χ3v) is 1.52. The molecule has 2 N–H and O–H groups in total. The van der Waals surface area contributed by atoms with Crippen molar-refractivity contribution in [1.29, 1.82) is 0 Å². The Bertz CT molecular complexity index is 263. The first-order valence-corrected chi connectivity index (χ1v) is 3.41. The van der Waals surface area contributed by atoms with E-state index in [1.807, 2.05) is 19.1 Å². The Balaban J connectivity index is 3.13. The van der Waals surface area contributed by atoms with Crippen molar-refractivity contribution in [3.05, 3.63) is 23.4 Å². The largest absolute Gasteiger partial charge is 0.508 e. The monoisotopic (exact) mass is 151 g/mol. The summed E-state index contributed by atoms with van der Waals surface area (Å²) in [6, 6.07) is 3.65. The van der Waals surface area contributed by atoms with Crippen molar-refractivity contribution < 1.29 is 10.0 Å². The zero-order valence-corrected chi connectivity index (χ0v) is 6.57. The van der Waals surface area contributed by atoms with Crippen molar-refractivity contribution in [2.75, 3.05) is 0 Å². The average Bonchev–Trinajstić information content (AvgIpc) is 1.94. The van der Waals surface area contributed by atoms with Gasteiger partial charge in [-0.05, 0) is 25.5 Å². The lowest BCUT2D eigenvalue weighted by atomic mass is 9.82. The first-order valence-electron chi connectivity index (χ1n) is 3.41. The van der Waals surface area contributed by atoms with E-state index >= 15 is 0 Å². The van der Waals surface area contributed by atoms with Crippen LogP contribution in [-0.2, 0) is 0 Å². The summed E-state index contributed by atoms with van der Waals surface area (Å²) in [6.45, 7) is 3.60. The molecule has 58 valence electrons. The van der Waals surface area contributed by atoms with Crippen LogP contribution < -0.4 is 5.59 Å². The zero-order chi connectivity index (χ0) is 8.43. The highest BCUT2D eigenvalue weighted by Crippen LogP contribution is 1.94. The Morgan fingerprint density at radius 1 is 1.27 bits per heavy atom. The summed E-state index contributed by atoms with van der Waals surface area (Å²) in [5.41, 5.74) is 1.93. The molecule has 1 aromatic heterocycles. The van der Waals surface area contributed by atoms with E-state index in [1.54, 1.807) is 6.92 Å². The standard InChI is InChI=1S/C7H10BNO2/c1-5-3-4-6(2)9-7(5)8(10)11/h3-4,10-11H,1-2H3. The van der Waals surface area contributed by atoms with Gasteiger partial charge in [0.15, 0.2) is 0 Å². The van der Waals surface area contributed by atoms with Crippen molar-refractivity contribution in [3.63, 3.8) is 0 Å². The lowest BCUT2D eigenvalue weighted by Gasteiger charge is -2.03. The van der Waals surface area contributed by atoms with Crippen molar-refractivity contribution >= 4 is 12.7 Å². The number of aromatic nitrogens is 1. The lowest BCUT2D eigenvalue weighted by Crippen LogP contribution is -2.35. The van der Waals surface area contributed by atoms with Crippen molar-refractivity contribution in [2.45, 2.75) is 13.8 Å². The second-order valence-corrected chi connectivity index (χ2v) is 2.53. The van der Waals surface area contributed by atoms with Gasteiger partial charge in [-0.15, -0.1) is 0 Å². The quantitative estimate of drug-likeness (QED) is 0.525. The SMILES string of the molecule is Cc1ccc(C)c(B(O)O)n1. The Kier molecular flexibility index (Phi) is 2.26. The van der Waals surface area contributed by atoms with Gasteiger partial charge < -0.3 is 10.0 Å². The van der Waals surface area contributed by atoms with Gasteiger partial charge in [0.1, 0.15) is 0 Å². The molecule has 0 amide bonds. The first kappa shape index (κ1) is 8.23. The molecule has 0 saturated heterocycles. The second-order valence-electron chi connectivity index (χ2n) is 2.53. The summed E-state index contributed by atoms with van der Waals surface area (Å²) in [4.78, 5) is 3.97. The topological polar surface area (TPSA) is 53.4 Å². The molecule has 0 aromatic carbocycles. The van der Waals surface area contributed by atoms with E-state index in [0.717, 1.165) is 11.3 Å². The molecule has 0 saturated carbocycles. The molecule has 1 rings (SSSR count). The molecule has 0 aliphatic heterocycles. The summed E-state index contributed by atoms with van der Waals surface area (Å²) >= 11 is 0. The molecular weight excluding hydrogens is 141 g/mol. The van der Waals surface area contributed by atoms with Gasteiger partial charge in [-0.1, -0.05) is 6.07 Å². The normalized spacial score (nSPS) is 9.82. The fraction of sp³-hybridized carbons (Fsp3) is 0.286. The lowest BCUT2D eigenvalue weighted by molar-refractivity contribution is 0.424. The van der Waals surface area contributed by atoms with Crippen LogP contribution in [0.1, 0.15) is 11.3 Å². The molecule has 11 heavy (non-hydrogen) atoms. The van der Waals surface area contributed by atoms with E-state index < -0.39 is 7.12 Å². The maximum atomic E-state index is 8.82. The fourth-order valence-corrected chi connectivity index (χ4v) is 0.908. The third-order valence-electron chi connectivity index (χ3n) is 1.52. The fourth-order valence-electron chi connectivity index (χ4n) is 0.908. The molecule has 0 atom stereocenters. The average molecular weight is 151 g/mol. The smallest absolute Gasteiger partial charge is 0.422 e. The molecule has 3 nitrogen and oxygen atoms in total. The number of hydrogen-bond donors (Lipinski definition) is 2. The Hall–Kier alpha value is -0.865. The summed E-state index contributed by atoms with van der Waals surface area (Å²) < 4.78 is 0. The highest BCUT2D eigenvalue weighted by molar-refractivity contribution is 6.58.